The first kappa shape index (κ1) is 23.4. The van der Waals surface area contributed by atoms with Gasteiger partial charge in [-0.2, -0.15) is 0 Å². The molecule has 0 bridgehead atoms. The van der Waals surface area contributed by atoms with Gasteiger partial charge in [0.1, 0.15) is 10.8 Å². The Morgan fingerprint density at radius 2 is 1.64 bits per heavy atom. The number of thiazole rings is 1. The molecule has 0 saturated carbocycles. The Morgan fingerprint density at radius 3 is 2.33 bits per heavy atom. The summed E-state index contributed by atoms with van der Waals surface area (Å²) in [4.78, 5) is 12.2. The molecule has 0 amide bonds. The van der Waals surface area contributed by atoms with Gasteiger partial charge in [-0.3, -0.25) is 22.0 Å². The van der Waals surface area contributed by atoms with Crippen LogP contribution in [-0.4, -0.2) is 55.0 Å². The Bertz CT molecular complexity index is 1030. The van der Waals surface area contributed by atoms with E-state index in [0.717, 1.165) is 62.6 Å². The number of hydrogen-bond acceptors (Lipinski definition) is 8. The molecule has 9 heteroatoms. The molecule has 3 aromatic rings. The van der Waals surface area contributed by atoms with Crippen LogP contribution >= 0.6 is 11.3 Å². The van der Waals surface area contributed by atoms with Crippen LogP contribution in [0.5, 0.6) is 0 Å². The lowest BCUT2D eigenvalue weighted by molar-refractivity contribution is 0.249. The molecule has 0 radical (unpaired) electrons. The Kier molecular flexibility index (Phi) is 7.77. The van der Waals surface area contributed by atoms with Crippen LogP contribution in [0.1, 0.15) is 29.8 Å². The molecule has 0 atom stereocenters. The monoisotopic (exact) mass is 466 g/mol. The van der Waals surface area contributed by atoms with Crippen LogP contribution < -0.4 is 27.2 Å². The third-order valence-corrected chi connectivity index (χ3v) is 7.42. The molecule has 5 rings (SSSR count). The van der Waals surface area contributed by atoms with Crippen LogP contribution in [0.3, 0.4) is 0 Å². The molecule has 0 unspecified atom stereocenters. The topological polar surface area (TPSA) is 125 Å². The van der Waals surface area contributed by atoms with Crippen LogP contribution in [-0.2, 0) is 6.54 Å². The standard InChI is InChI=1S/C24H30N6S.H4N2/c25-24(26)19-9-8-18(29-10-4-1-5-11-29)16-21(19)30-14-12-28(13-15-30)17-23-27-20-6-2-3-7-22(20)31-23;1-2/h2-3,6-9,16H,1,4-5,10-15,17H2,(H3,25,26);1-2H2. The Labute approximate surface area is 199 Å². The highest BCUT2D eigenvalue weighted by Crippen LogP contribution is 2.30. The van der Waals surface area contributed by atoms with Crippen molar-refractivity contribution in [3.63, 3.8) is 0 Å². The first-order valence-corrected chi connectivity index (χ1v) is 12.4. The lowest BCUT2D eigenvalue weighted by atomic mass is 10.1. The van der Waals surface area contributed by atoms with E-state index in [0.29, 0.717) is 0 Å². The summed E-state index contributed by atoms with van der Waals surface area (Å²) in [6.07, 6.45) is 3.84. The smallest absolute Gasteiger partial charge is 0.124 e. The first-order chi connectivity index (χ1) is 16.2. The summed E-state index contributed by atoms with van der Waals surface area (Å²) in [7, 11) is 0. The average Bonchev–Trinajstić information content (AvgIpc) is 3.28. The minimum atomic E-state index is 0.150. The number of nitrogens with one attached hydrogen (secondary N) is 1. The van der Waals surface area contributed by atoms with Crippen LogP contribution in [0.25, 0.3) is 10.2 Å². The van der Waals surface area contributed by atoms with Crippen molar-refractivity contribution < 1.29 is 0 Å². The summed E-state index contributed by atoms with van der Waals surface area (Å²) in [5.74, 6) is 8.15. The third kappa shape index (κ3) is 5.44. The number of nitrogen functional groups attached to an aromatic ring is 1. The predicted octanol–water partition coefficient (Wildman–Crippen LogP) is 2.71. The van der Waals surface area contributed by atoms with Gasteiger partial charge < -0.3 is 15.5 Å². The Morgan fingerprint density at radius 1 is 0.909 bits per heavy atom. The van der Waals surface area contributed by atoms with Gasteiger partial charge in [0.05, 0.1) is 16.8 Å². The van der Waals surface area contributed by atoms with E-state index >= 15 is 0 Å². The molecule has 7 N–H and O–H groups in total. The van der Waals surface area contributed by atoms with E-state index in [4.69, 9.17) is 16.1 Å². The predicted molar refractivity (Wildman–Crippen MR) is 139 cm³/mol. The number of anilines is 2. The lowest BCUT2D eigenvalue weighted by Gasteiger charge is -2.37. The molecule has 2 saturated heterocycles. The minimum absolute atomic E-state index is 0.150. The molecule has 176 valence electrons. The molecule has 2 fully saturated rings. The number of hydrogen-bond donors (Lipinski definition) is 4. The highest BCUT2D eigenvalue weighted by atomic mass is 32.1. The summed E-state index contributed by atoms with van der Waals surface area (Å²) in [6.45, 7) is 7.00. The fourth-order valence-corrected chi connectivity index (χ4v) is 5.69. The Balaban J connectivity index is 0.00000126. The number of rotatable bonds is 5. The van der Waals surface area contributed by atoms with E-state index in [9.17, 15) is 0 Å². The molecular formula is C24H34N8S. The maximum absolute atomic E-state index is 8.07. The Hall–Kier alpha value is -2.72. The molecule has 0 aliphatic carbocycles. The van der Waals surface area contributed by atoms with Crippen molar-refractivity contribution in [3.05, 3.63) is 53.0 Å². The fourth-order valence-electron chi connectivity index (χ4n) is 4.68. The summed E-state index contributed by atoms with van der Waals surface area (Å²) in [5.41, 5.74) is 10.3. The van der Waals surface area contributed by atoms with Gasteiger partial charge >= 0.3 is 0 Å². The average molecular weight is 467 g/mol. The molecule has 8 nitrogen and oxygen atoms in total. The summed E-state index contributed by atoms with van der Waals surface area (Å²) in [5, 5.41) is 9.26. The SMILES string of the molecule is N=C(N)c1ccc(N2CCCCC2)cc1N1CCN(Cc2nc3ccccc3s2)CC1.NN. The summed E-state index contributed by atoms with van der Waals surface area (Å²) in [6, 6.07) is 14.8. The fraction of sp³-hybridized carbons (Fsp3) is 0.417. The van der Waals surface area contributed by atoms with Gasteiger partial charge in [0.15, 0.2) is 0 Å². The van der Waals surface area contributed by atoms with Crippen molar-refractivity contribution >= 4 is 38.8 Å². The molecule has 0 spiro atoms. The zero-order chi connectivity index (χ0) is 23.2. The van der Waals surface area contributed by atoms with E-state index in [2.05, 4.69) is 62.8 Å². The number of piperidine rings is 1. The molecule has 2 aliphatic heterocycles. The number of amidine groups is 1. The first-order valence-electron chi connectivity index (χ1n) is 11.6. The molecule has 2 aliphatic rings. The maximum atomic E-state index is 8.07. The van der Waals surface area contributed by atoms with Gasteiger partial charge in [-0.25, -0.2) is 4.98 Å². The van der Waals surface area contributed by atoms with Crippen LogP contribution in [0.15, 0.2) is 42.5 Å². The van der Waals surface area contributed by atoms with E-state index < -0.39 is 0 Å². The van der Waals surface area contributed by atoms with Crippen molar-refractivity contribution in [2.45, 2.75) is 25.8 Å². The van der Waals surface area contributed by atoms with Crippen molar-refractivity contribution in [2.24, 2.45) is 17.4 Å². The largest absolute Gasteiger partial charge is 0.384 e. The highest BCUT2D eigenvalue weighted by molar-refractivity contribution is 7.18. The van der Waals surface area contributed by atoms with Crippen LogP contribution in [0.4, 0.5) is 11.4 Å². The number of aromatic nitrogens is 1. The number of para-hydroxylation sites is 1. The van der Waals surface area contributed by atoms with Crippen LogP contribution in [0, 0.1) is 5.41 Å². The number of nitrogens with zero attached hydrogens (tertiary/aromatic N) is 4. The zero-order valence-corrected chi connectivity index (χ0v) is 19.9. The van der Waals surface area contributed by atoms with Gasteiger partial charge in [0.2, 0.25) is 0 Å². The molecule has 33 heavy (non-hydrogen) atoms. The highest BCUT2D eigenvalue weighted by Gasteiger charge is 2.22. The summed E-state index contributed by atoms with van der Waals surface area (Å²) < 4.78 is 1.26. The van der Waals surface area contributed by atoms with Crippen molar-refractivity contribution in [2.75, 3.05) is 49.1 Å². The lowest BCUT2D eigenvalue weighted by Crippen LogP contribution is -2.46. The number of fused-ring (bicyclic) bond motifs is 1. The molecule has 1 aromatic heterocycles. The second-order valence-electron chi connectivity index (χ2n) is 8.50. The van der Waals surface area contributed by atoms with E-state index in [1.165, 1.54) is 34.7 Å². The van der Waals surface area contributed by atoms with Gasteiger partial charge in [0, 0.05) is 56.2 Å². The number of benzene rings is 2. The van der Waals surface area contributed by atoms with Gasteiger partial charge in [-0.1, -0.05) is 12.1 Å². The van der Waals surface area contributed by atoms with Gasteiger partial charge in [-0.05, 0) is 49.6 Å². The summed E-state index contributed by atoms with van der Waals surface area (Å²) >= 11 is 1.80. The second-order valence-corrected chi connectivity index (χ2v) is 9.62. The second kappa shape index (κ2) is 10.9. The van der Waals surface area contributed by atoms with Gasteiger partial charge in [-0.15, -0.1) is 11.3 Å². The normalized spacial score (nSPS) is 17.0. The molecule has 2 aromatic carbocycles. The van der Waals surface area contributed by atoms with Crippen molar-refractivity contribution in [3.8, 4) is 0 Å². The number of nitrogens with two attached hydrogens (primary N) is 3. The molecular weight excluding hydrogens is 432 g/mol. The van der Waals surface area contributed by atoms with Crippen molar-refractivity contribution in [1.82, 2.24) is 9.88 Å². The minimum Gasteiger partial charge on any atom is -0.384 e. The van der Waals surface area contributed by atoms with E-state index in [1.54, 1.807) is 11.3 Å². The van der Waals surface area contributed by atoms with E-state index in [-0.39, 0.29) is 5.84 Å². The van der Waals surface area contributed by atoms with Crippen LogP contribution in [0.2, 0.25) is 0 Å². The van der Waals surface area contributed by atoms with E-state index in [1.807, 2.05) is 6.07 Å². The van der Waals surface area contributed by atoms with Gasteiger partial charge in [0.25, 0.3) is 0 Å². The maximum Gasteiger partial charge on any atom is 0.124 e. The third-order valence-electron chi connectivity index (χ3n) is 6.40. The number of hydrazine groups is 1. The molecule has 3 heterocycles. The number of piperazine rings is 1. The zero-order valence-electron chi connectivity index (χ0n) is 19.0. The quantitative estimate of drug-likeness (QED) is 0.197. The van der Waals surface area contributed by atoms with Crippen molar-refractivity contribution in [1.29, 1.82) is 5.41 Å².